The Morgan fingerprint density at radius 3 is 2.59 bits per heavy atom. The molecule has 0 saturated heterocycles. The highest BCUT2D eigenvalue weighted by Gasteiger charge is 2.08. The monoisotopic (exact) mass is 385 g/mol. The fourth-order valence-electron chi connectivity index (χ4n) is 3.30. The van der Waals surface area contributed by atoms with Gasteiger partial charge in [0.05, 0.1) is 18.3 Å². The molecular formula is C24H23N3O2. The molecule has 0 aliphatic carbocycles. The van der Waals surface area contributed by atoms with Gasteiger partial charge in [0.2, 0.25) is 5.91 Å². The lowest BCUT2D eigenvalue weighted by molar-refractivity contribution is -0.116. The van der Waals surface area contributed by atoms with Crippen LogP contribution in [0, 0.1) is 6.92 Å². The van der Waals surface area contributed by atoms with Gasteiger partial charge in [0.1, 0.15) is 12.4 Å². The van der Waals surface area contributed by atoms with Crippen LogP contribution in [0.5, 0.6) is 5.75 Å². The van der Waals surface area contributed by atoms with Crippen LogP contribution in [-0.4, -0.2) is 15.7 Å². The number of aryl methyl sites for hydroxylation is 2. The van der Waals surface area contributed by atoms with Crippen molar-refractivity contribution in [2.45, 2.75) is 26.5 Å². The average Bonchev–Trinajstić information content (AvgIpc) is 3.17. The number of ether oxygens (including phenoxy) is 1. The van der Waals surface area contributed by atoms with Crippen LogP contribution in [0.15, 0.2) is 79.0 Å². The normalized spacial score (nSPS) is 10.8. The second-order valence-corrected chi connectivity index (χ2v) is 6.98. The minimum Gasteiger partial charge on any atom is -0.489 e. The number of nitrogens with zero attached hydrogens (tertiary/aromatic N) is 2. The van der Waals surface area contributed by atoms with Gasteiger partial charge in [-0.3, -0.25) is 9.48 Å². The highest BCUT2D eigenvalue weighted by Crippen LogP contribution is 2.19. The molecule has 0 saturated carbocycles. The molecular weight excluding hydrogens is 362 g/mol. The maximum Gasteiger partial charge on any atom is 0.226 e. The standard InChI is InChI=1S/C24H23N3O2/c1-18-6-5-9-20-16-25-27(24(18)20)15-14-23(28)26-21-10-12-22(13-11-21)29-17-19-7-3-2-4-8-19/h2-13,16H,14-15,17H2,1H3,(H,26,28). The van der Waals surface area contributed by atoms with Crippen molar-refractivity contribution in [3.05, 3.63) is 90.1 Å². The summed E-state index contributed by atoms with van der Waals surface area (Å²) in [4.78, 5) is 12.3. The third-order valence-electron chi connectivity index (χ3n) is 4.80. The van der Waals surface area contributed by atoms with Crippen LogP contribution in [0.2, 0.25) is 0 Å². The molecule has 1 N–H and O–H groups in total. The van der Waals surface area contributed by atoms with Crippen LogP contribution >= 0.6 is 0 Å². The van der Waals surface area contributed by atoms with Crippen molar-refractivity contribution in [2.75, 3.05) is 5.32 Å². The number of benzene rings is 3. The zero-order chi connectivity index (χ0) is 20.1. The number of fused-ring (bicyclic) bond motifs is 1. The van der Waals surface area contributed by atoms with Gasteiger partial charge in [-0.05, 0) is 42.3 Å². The number of anilines is 1. The van der Waals surface area contributed by atoms with E-state index in [0.717, 1.165) is 33.5 Å². The molecule has 0 unspecified atom stereocenters. The molecule has 1 aromatic heterocycles. The molecule has 1 amide bonds. The van der Waals surface area contributed by atoms with Gasteiger partial charge in [-0.2, -0.15) is 5.10 Å². The minimum atomic E-state index is -0.0415. The average molecular weight is 385 g/mol. The van der Waals surface area contributed by atoms with E-state index >= 15 is 0 Å². The van der Waals surface area contributed by atoms with Crippen molar-refractivity contribution in [2.24, 2.45) is 0 Å². The van der Waals surface area contributed by atoms with Crippen molar-refractivity contribution in [3.63, 3.8) is 0 Å². The molecule has 3 aromatic carbocycles. The quantitative estimate of drug-likeness (QED) is 0.490. The molecule has 1 heterocycles. The number of amides is 1. The van der Waals surface area contributed by atoms with E-state index in [1.165, 1.54) is 0 Å². The molecule has 5 heteroatoms. The van der Waals surface area contributed by atoms with Crippen molar-refractivity contribution in [1.82, 2.24) is 9.78 Å². The molecule has 0 fully saturated rings. The summed E-state index contributed by atoms with van der Waals surface area (Å²) in [5.41, 5.74) is 4.11. The van der Waals surface area contributed by atoms with Crippen molar-refractivity contribution < 1.29 is 9.53 Å². The van der Waals surface area contributed by atoms with Crippen LogP contribution < -0.4 is 10.1 Å². The Bertz CT molecular complexity index is 1100. The topological polar surface area (TPSA) is 56.2 Å². The second-order valence-electron chi connectivity index (χ2n) is 6.98. The Balaban J connectivity index is 1.30. The van der Waals surface area contributed by atoms with Crippen molar-refractivity contribution in [1.29, 1.82) is 0 Å². The summed E-state index contributed by atoms with van der Waals surface area (Å²) >= 11 is 0. The highest BCUT2D eigenvalue weighted by molar-refractivity contribution is 5.90. The number of hydrogen-bond donors (Lipinski definition) is 1. The van der Waals surface area contributed by atoms with Gasteiger partial charge >= 0.3 is 0 Å². The Morgan fingerprint density at radius 2 is 1.79 bits per heavy atom. The van der Waals surface area contributed by atoms with E-state index in [2.05, 4.69) is 23.4 Å². The van der Waals surface area contributed by atoms with Gasteiger partial charge in [0.25, 0.3) is 0 Å². The number of hydrogen-bond acceptors (Lipinski definition) is 3. The molecule has 0 aliphatic heterocycles. The smallest absolute Gasteiger partial charge is 0.226 e. The number of aromatic nitrogens is 2. The van der Waals surface area contributed by atoms with Crippen LogP contribution in [0.4, 0.5) is 5.69 Å². The molecule has 5 nitrogen and oxygen atoms in total. The predicted molar refractivity (Wildman–Crippen MR) is 115 cm³/mol. The van der Waals surface area contributed by atoms with Gasteiger partial charge in [-0.1, -0.05) is 48.5 Å². The van der Waals surface area contributed by atoms with Gasteiger partial charge in [0.15, 0.2) is 0 Å². The summed E-state index contributed by atoms with van der Waals surface area (Å²) < 4.78 is 7.67. The predicted octanol–water partition coefficient (Wildman–Crippen LogP) is 4.95. The Morgan fingerprint density at radius 1 is 1.00 bits per heavy atom. The summed E-state index contributed by atoms with van der Waals surface area (Å²) in [6.07, 6.45) is 2.20. The van der Waals surface area contributed by atoms with Crippen molar-refractivity contribution >= 4 is 22.5 Å². The first kappa shape index (κ1) is 18.7. The first-order chi connectivity index (χ1) is 14.2. The Hall–Kier alpha value is -3.60. The number of carbonyl (C=O) groups excluding carboxylic acids is 1. The summed E-state index contributed by atoms with van der Waals surface area (Å²) in [7, 11) is 0. The van der Waals surface area contributed by atoms with Crippen LogP contribution in [0.1, 0.15) is 17.5 Å². The zero-order valence-corrected chi connectivity index (χ0v) is 16.3. The molecule has 0 atom stereocenters. The molecule has 4 aromatic rings. The molecule has 0 spiro atoms. The third-order valence-corrected chi connectivity index (χ3v) is 4.80. The number of rotatable bonds is 7. The van der Waals surface area contributed by atoms with Crippen LogP contribution in [-0.2, 0) is 17.9 Å². The maximum absolute atomic E-state index is 12.3. The molecule has 0 radical (unpaired) electrons. The van der Waals surface area contributed by atoms with E-state index in [-0.39, 0.29) is 5.91 Å². The lowest BCUT2D eigenvalue weighted by Gasteiger charge is -2.09. The lowest BCUT2D eigenvalue weighted by atomic mass is 10.2. The summed E-state index contributed by atoms with van der Waals surface area (Å²) in [6, 6.07) is 23.6. The maximum atomic E-state index is 12.3. The molecule has 29 heavy (non-hydrogen) atoms. The summed E-state index contributed by atoms with van der Waals surface area (Å²) in [5, 5.41) is 8.44. The fourth-order valence-corrected chi connectivity index (χ4v) is 3.30. The second kappa shape index (κ2) is 8.61. The number of nitrogens with one attached hydrogen (secondary N) is 1. The minimum absolute atomic E-state index is 0.0415. The fraction of sp³-hybridized carbons (Fsp3) is 0.167. The van der Waals surface area contributed by atoms with Crippen molar-refractivity contribution in [3.8, 4) is 5.75 Å². The largest absolute Gasteiger partial charge is 0.489 e. The van der Waals surface area contributed by atoms with Gasteiger partial charge in [0, 0.05) is 17.5 Å². The number of para-hydroxylation sites is 1. The molecule has 4 rings (SSSR count). The first-order valence-electron chi connectivity index (χ1n) is 9.67. The highest BCUT2D eigenvalue weighted by atomic mass is 16.5. The first-order valence-corrected chi connectivity index (χ1v) is 9.67. The summed E-state index contributed by atoms with van der Waals surface area (Å²) in [5.74, 6) is 0.727. The SMILES string of the molecule is Cc1cccc2cnn(CCC(=O)Nc3ccc(OCc4ccccc4)cc3)c12. The van der Waals surface area contributed by atoms with Gasteiger partial charge in [-0.15, -0.1) is 0 Å². The van der Waals surface area contributed by atoms with Crippen LogP contribution in [0.25, 0.3) is 10.9 Å². The van der Waals surface area contributed by atoms with Gasteiger partial charge in [-0.25, -0.2) is 0 Å². The Labute approximate surface area is 169 Å². The van der Waals surface area contributed by atoms with Gasteiger partial charge < -0.3 is 10.1 Å². The van der Waals surface area contributed by atoms with E-state index in [1.807, 2.05) is 77.6 Å². The third kappa shape index (κ3) is 4.63. The Kier molecular flexibility index (Phi) is 5.56. The zero-order valence-electron chi connectivity index (χ0n) is 16.3. The summed E-state index contributed by atoms with van der Waals surface area (Å²) in [6.45, 7) is 3.12. The van der Waals surface area contributed by atoms with E-state index in [4.69, 9.17) is 4.74 Å². The molecule has 0 aliphatic rings. The number of carbonyl (C=O) groups is 1. The van der Waals surface area contributed by atoms with E-state index in [0.29, 0.717) is 19.6 Å². The van der Waals surface area contributed by atoms with E-state index in [9.17, 15) is 4.79 Å². The van der Waals surface area contributed by atoms with E-state index < -0.39 is 0 Å². The lowest BCUT2D eigenvalue weighted by Crippen LogP contribution is -2.15. The molecule has 0 bridgehead atoms. The van der Waals surface area contributed by atoms with Crippen LogP contribution in [0.3, 0.4) is 0 Å². The molecule has 146 valence electrons. The van der Waals surface area contributed by atoms with E-state index in [1.54, 1.807) is 0 Å².